The molecule has 1 saturated heterocycles. The fraction of sp³-hybridized carbons (Fsp3) is 0.588. The van der Waals surface area contributed by atoms with Crippen molar-refractivity contribution >= 4 is 5.91 Å². The number of hydrogen-bond acceptors (Lipinski definition) is 3. The normalized spacial score (nSPS) is 21.2. The molecule has 0 bridgehead atoms. The highest BCUT2D eigenvalue weighted by molar-refractivity contribution is 5.88. The smallest absolute Gasteiger partial charge is 0.232 e. The molecule has 1 aliphatic heterocycles. The summed E-state index contributed by atoms with van der Waals surface area (Å²) in [5.41, 5.74) is 7.92. The summed E-state index contributed by atoms with van der Waals surface area (Å²) in [5, 5.41) is 3.29. The number of nitrogens with two attached hydrogens (primary N) is 1. The van der Waals surface area contributed by atoms with Gasteiger partial charge < -0.3 is 16.0 Å². The molecular weight excluding hydrogens is 262 g/mol. The maximum atomic E-state index is 13.0. The zero-order valence-corrected chi connectivity index (χ0v) is 13.0. The van der Waals surface area contributed by atoms with Crippen LogP contribution in [-0.2, 0) is 15.7 Å². The Balaban J connectivity index is 1.92. The monoisotopic (exact) mass is 287 g/mol. The topological polar surface area (TPSA) is 58.4 Å². The summed E-state index contributed by atoms with van der Waals surface area (Å²) >= 11 is 0. The van der Waals surface area contributed by atoms with Crippen LogP contribution in [0.25, 0.3) is 0 Å². The van der Waals surface area contributed by atoms with Crippen molar-refractivity contribution in [3.63, 3.8) is 0 Å². The number of nitrogens with one attached hydrogen (secondary N) is 1. The van der Waals surface area contributed by atoms with E-state index >= 15 is 0 Å². The molecule has 2 aliphatic rings. The molecule has 21 heavy (non-hydrogen) atoms. The van der Waals surface area contributed by atoms with Crippen LogP contribution in [0.5, 0.6) is 0 Å². The Bertz CT molecular complexity index is 543. The Morgan fingerprint density at radius 2 is 1.86 bits per heavy atom. The molecule has 0 atom stereocenters. The highest BCUT2D eigenvalue weighted by atomic mass is 16.2. The van der Waals surface area contributed by atoms with Crippen LogP contribution in [0.4, 0.5) is 0 Å². The van der Waals surface area contributed by atoms with Gasteiger partial charge >= 0.3 is 0 Å². The van der Waals surface area contributed by atoms with Gasteiger partial charge in [0, 0.05) is 31.7 Å². The van der Waals surface area contributed by atoms with Crippen LogP contribution in [0.3, 0.4) is 0 Å². The average Bonchev–Trinajstić information content (AvgIpc) is 3.26. The van der Waals surface area contributed by atoms with Crippen molar-refractivity contribution < 1.29 is 4.79 Å². The first-order chi connectivity index (χ1) is 9.95. The molecule has 1 aromatic rings. The summed E-state index contributed by atoms with van der Waals surface area (Å²) in [6.45, 7) is 7.40. The molecule has 0 unspecified atom stereocenters. The Morgan fingerprint density at radius 3 is 2.48 bits per heavy atom. The molecule has 1 amide bonds. The molecule has 0 aromatic heterocycles. The van der Waals surface area contributed by atoms with E-state index in [2.05, 4.69) is 17.4 Å². The zero-order valence-electron chi connectivity index (χ0n) is 13.0. The number of amides is 1. The number of rotatable bonds is 3. The van der Waals surface area contributed by atoms with Gasteiger partial charge in [-0.2, -0.15) is 0 Å². The van der Waals surface area contributed by atoms with E-state index in [1.54, 1.807) is 0 Å². The Labute approximate surface area is 126 Å². The van der Waals surface area contributed by atoms with Gasteiger partial charge in [-0.25, -0.2) is 0 Å². The van der Waals surface area contributed by atoms with Crippen molar-refractivity contribution in [3.8, 4) is 0 Å². The fourth-order valence-corrected chi connectivity index (χ4v) is 3.24. The second-order valence-electron chi connectivity index (χ2n) is 6.87. The van der Waals surface area contributed by atoms with Crippen LogP contribution in [-0.4, -0.2) is 37.0 Å². The molecular formula is C17H25N3O. The summed E-state index contributed by atoms with van der Waals surface area (Å²) in [4.78, 5) is 15.0. The highest BCUT2D eigenvalue weighted by Crippen LogP contribution is 2.46. The fourth-order valence-electron chi connectivity index (χ4n) is 3.24. The molecule has 1 aromatic carbocycles. The first-order valence-electron chi connectivity index (χ1n) is 7.84. The molecule has 1 heterocycles. The highest BCUT2D eigenvalue weighted by Gasteiger charge is 2.45. The van der Waals surface area contributed by atoms with Gasteiger partial charge in [-0.15, -0.1) is 0 Å². The SMILES string of the molecule is CC(C)(C(=O)N1CCNCC1)c1ccccc1C1(N)CC1. The largest absolute Gasteiger partial charge is 0.339 e. The van der Waals surface area contributed by atoms with Crippen LogP contribution in [0.15, 0.2) is 24.3 Å². The van der Waals surface area contributed by atoms with Crippen LogP contribution in [0.1, 0.15) is 37.8 Å². The lowest BCUT2D eigenvalue weighted by Crippen LogP contribution is -2.52. The lowest BCUT2D eigenvalue weighted by Gasteiger charge is -2.36. The molecule has 3 N–H and O–H groups in total. The molecule has 1 aliphatic carbocycles. The summed E-state index contributed by atoms with van der Waals surface area (Å²) in [5.74, 6) is 0.209. The van der Waals surface area contributed by atoms with Gasteiger partial charge in [0.15, 0.2) is 0 Å². The Morgan fingerprint density at radius 1 is 1.24 bits per heavy atom. The zero-order chi connectivity index (χ0) is 15.1. The van der Waals surface area contributed by atoms with Gasteiger partial charge in [0.05, 0.1) is 5.41 Å². The molecule has 4 nitrogen and oxygen atoms in total. The molecule has 0 spiro atoms. The summed E-state index contributed by atoms with van der Waals surface area (Å²) < 4.78 is 0. The molecule has 114 valence electrons. The maximum Gasteiger partial charge on any atom is 0.232 e. The minimum Gasteiger partial charge on any atom is -0.339 e. The van der Waals surface area contributed by atoms with Gasteiger partial charge in [-0.3, -0.25) is 4.79 Å². The van der Waals surface area contributed by atoms with Gasteiger partial charge in [-0.1, -0.05) is 24.3 Å². The van der Waals surface area contributed by atoms with E-state index < -0.39 is 5.41 Å². The minimum atomic E-state index is -0.525. The second kappa shape index (κ2) is 5.11. The van der Waals surface area contributed by atoms with Crippen molar-refractivity contribution in [1.82, 2.24) is 10.2 Å². The maximum absolute atomic E-state index is 13.0. The number of benzene rings is 1. The van der Waals surface area contributed by atoms with E-state index in [0.29, 0.717) is 0 Å². The molecule has 0 radical (unpaired) electrons. The first kappa shape index (κ1) is 14.5. The van der Waals surface area contributed by atoms with Gasteiger partial charge in [0.2, 0.25) is 5.91 Å². The molecule has 3 rings (SSSR count). The molecule has 2 fully saturated rings. The van der Waals surface area contributed by atoms with E-state index in [-0.39, 0.29) is 11.4 Å². The van der Waals surface area contributed by atoms with Crippen molar-refractivity contribution in [1.29, 1.82) is 0 Å². The molecule has 1 saturated carbocycles. The van der Waals surface area contributed by atoms with Crippen molar-refractivity contribution in [2.75, 3.05) is 26.2 Å². The standard InChI is InChI=1S/C17H25N3O/c1-16(2,15(21)20-11-9-19-10-12-20)13-5-3-4-6-14(13)17(18)7-8-17/h3-6,19H,7-12,18H2,1-2H3. The number of hydrogen-bond donors (Lipinski definition) is 2. The van der Waals surface area contributed by atoms with Gasteiger partial charge in [0.1, 0.15) is 0 Å². The van der Waals surface area contributed by atoms with Crippen LogP contribution in [0.2, 0.25) is 0 Å². The summed E-state index contributed by atoms with van der Waals surface area (Å²) in [6, 6.07) is 8.20. The van der Waals surface area contributed by atoms with Crippen molar-refractivity contribution in [2.45, 2.75) is 37.6 Å². The predicted octanol–water partition coefficient (Wildman–Crippen LogP) is 1.34. The number of carbonyl (C=O) groups excluding carboxylic acids is 1. The van der Waals surface area contributed by atoms with Crippen molar-refractivity contribution in [2.24, 2.45) is 5.73 Å². The van der Waals surface area contributed by atoms with Gasteiger partial charge in [-0.05, 0) is 37.8 Å². The number of piperazine rings is 1. The number of carbonyl (C=O) groups is 1. The van der Waals surface area contributed by atoms with Crippen LogP contribution >= 0.6 is 0 Å². The van der Waals surface area contributed by atoms with E-state index in [9.17, 15) is 4.79 Å². The summed E-state index contributed by atoms with van der Waals surface area (Å²) in [7, 11) is 0. The third-order valence-corrected chi connectivity index (χ3v) is 4.86. The lowest BCUT2D eigenvalue weighted by molar-refractivity contribution is -0.136. The minimum absolute atomic E-state index is 0.209. The van der Waals surface area contributed by atoms with E-state index in [1.165, 1.54) is 0 Å². The average molecular weight is 287 g/mol. The van der Waals surface area contributed by atoms with Crippen molar-refractivity contribution in [3.05, 3.63) is 35.4 Å². The third kappa shape index (κ3) is 2.58. The lowest BCUT2D eigenvalue weighted by atomic mass is 9.78. The van der Waals surface area contributed by atoms with Gasteiger partial charge in [0.25, 0.3) is 0 Å². The Kier molecular flexibility index (Phi) is 3.54. The quantitative estimate of drug-likeness (QED) is 0.882. The third-order valence-electron chi connectivity index (χ3n) is 4.86. The first-order valence-corrected chi connectivity index (χ1v) is 7.84. The predicted molar refractivity (Wildman–Crippen MR) is 84.0 cm³/mol. The molecule has 4 heteroatoms. The Hall–Kier alpha value is -1.39. The van der Waals surface area contributed by atoms with E-state index in [1.807, 2.05) is 30.9 Å². The van der Waals surface area contributed by atoms with E-state index in [4.69, 9.17) is 5.73 Å². The van der Waals surface area contributed by atoms with Crippen LogP contribution in [0, 0.1) is 0 Å². The van der Waals surface area contributed by atoms with E-state index in [0.717, 1.165) is 50.1 Å². The van der Waals surface area contributed by atoms with Crippen LogP contribution < -0.4 is 11.1 Å². The second-order valence-corrected chi connectivity index (χ2v) is 6.87. The number of nitrogens with zero attached hydrogens (tertiary/aromatic N) is 1. The summed E-state index contributed by atoms with van der Waals surface area (Å²) in [6.07, 6.45) is 2.03.